The first kappa shape index (κ1) is 17.3. The number of hydrogen-bond donors (Lipinski definition) is 0. The monoisotopic (exact) mass is 369 g/mol. The van der Waals surface area contributed by atoms with Gasteiger partial charge in [0.25, 0.3) is 0 Å². The molecule has 0 N–H and O–H groups in total. The number of hydrogen-bond acceptors (Lipinski definition) is 3. The molecule has 0 bridgehead atoms. The molecule has 26 heavy (non-hydrogen) atoms. The Morgan fingerprint density at radius 2 is 1.81 bits per heavy atom. The molecule has 2 aromatic carbocycles. The van der Waals surface area contributed by atoms with Gasteiger partial charge in [0.15, 0.2) is 0 Å². The fraction of sp³-hybridized carbons (Fsp3) is 0.333. The molecule has 2 aromatic rings. The zero-order valence-corrected chi connectivity index (χ0v) is 15.7. The second-order valence-corrected chi connectivity index (χ2v) is 8.80. The fourth-order valence-corrected chi connectivity index (χ4v) is 5.82. The third kappa shape index (κ3) is 3.06. The van der Waals surface area contributed by atoms with E-state index in [2.05, 4.69) is 6.07 Å². The van der Waals surface area contributed by atoms with Crippen LogP contribution in [0.4, 0.5) is 0 Å². The molecule has 1 saturated heterocycles. The Kier molecular flexibility index (Phi) is 4.59. The zero-order chi connectivity index (χ0) is 18.1. The smallest absolute Gasteiger partial charge is 0.239 e. The molecular weight excluding hydrogens is 346 g/mol. The van der Waals surface area contributed by atoms with Crippen LogP contribution in [0.2, 0.25) is 0 Å². The minimum Gasteiger partial charge on any atom is -0.497 e. The summed E-state index contributed by atoms with van der Waals surface area (Å²) >= 11 is 0. The van der Waals surface area contributed by atoms with Crippen LogP contribution < -0.4 is 4.74 Å². The van der Waals surface area contributed by atoms with E-state index in [0.29, 0.717) is 17.9 Å². The van der Waals surface area contributed by atoms with Gasteiger partial charge in [-0.25, -0.2) is 8.42 Å². The summed E-state index contributed by atoms with van der Waals surface area (Å²) in [7, 11) is -1.82. The van der Waals surface area contributed by atoms with Crippen LogP contribution in [-0.2, 0) is 16.4 Å². The fourth-order valence-electron chi connectivity index (χ4n) is 3.95. The molecule has 5 heteroatoms. The van der Waals surface area contributed by atoms with Gasteiger partial charge in [0, 0.05) is 6.54 Å². The summed E-state index contributed by atoms with van der Waals surface area (Å²) in [5, 5.41) is 0. The van der Waals surface area contributed by atoms with E-state index >= 15 is 0 Å². The molecule has 1 aliphatic heterocycles. The summed E-state index contributed by atoms with van der Waals surface area (Å²) in [6.45, 7) is 0.581. The lowest BCUT2D eigenvalue weighted by molar-refractivity contribution is 0.397. The van der Waals surface area contributed by atoms with Crippen LogP contribution in [0, 0.1) is 0 Å². The second-order valence-electron chi connectivity index (χ2n) is 6.86. The molecule has 0 spiro atoms. The van der Waals surface area contributed by atoms with Gasteiger partial charge < -0.3 is 4.74 Å². The highest BCUT2D eigenvalue weighted by molar-refractivity contribution is 7.93. The average molecular weight is 369 g/mol. The molecule has 1 fully saturated rings. The number of allylic oxidation sites excluding steroid dienone is 1. The highest BCUT2D eigenvalue weighted by Crippen LogP contribution is 2.39. The van der Waals surface area contributed by atoms with Crippen molar-refractivity contribution in [1.82, 2.24) is 4.31 Å². The number of benzene rings is 2. The molecule has 1 atom stereocenters. The summed E-state index contributed by atoms with van der Waals surface area (Å²) in [6, 6.07) is 15.7. The summed E-state index contributed by atoms with van der Waals surface area (Å²) in [5.74, 6) is 0.785. The van der Waals surface area contributed by atoms with Crippen molar-refractivity contribution >= 4 is 16.1 Å². The summed E-state index contributed by atoms with van der Waals surface area (Å²) in [4.78, 5) is 0.539. The Bertz CT molecular complexity index is 932. The average Bonchev–Trinajstić information content (AvgIpc) is 3.18. The number of rotatable bonds is 4. The lowest BCUT2D eigenvalue weighted by Gasteiger charge is -2.27. The quantitative estimate of drug-likeness (QED) is 0.813. The number of sulfonamides is 1. The Morgan fingerprint density at radius 3 is 2.58 bits per heavy atom. The first-order valence-corrected chi connectivity index (χ1v) is 10.5. The SMILES string of the molecule is COc1ccc([C@@H]2CCCN2S(=O)(=O)C2=Cc3ccccc3CC2)cc1. The molecule has 1 heterocycles. The van der Waals surface area contributed by atoms with Gasteiger partial charge in [-0.15, -0.1) is 0 Å². The zero-order valence-electron chi connectivity index (χ0n) is 14.9. The topological polar surface area (TPSA) is 46.6 Å². The van der Waals surface area contributed by atoms with Gasteiger partial charge in [-0.1, -0.05) is 36.4 Å². The molecule has 2 aliphatic rings. The van der Waals surface area contributed by atoms with E-state index in [0.717, 1.165) is 36.1 Å². The van der Waals surface area contributed by atoms with E-state index in [4.69, 9.17) is 4.74 Å². The van der Waals surface area contributed by atoms with Crippen molar-refractivity contribution in [3.63, 3.8) is 0 Å². The van der Waals surface area contributed by atoms with Crippen LogP contribution in [0.25, 0.3) is 6.08 Å². The number of methoxy groups -OCH3 is 1. The largest absolute Gasteiger partial charge is 0.497 e. The molecule has 4 nitrogen and oxygen atoms in total. The standard InChI is InChI=1S/C21H23NO3S/c1-25-19-11-8-17(9-12-19)21-7-4-14-22(21)26(23,24)20-13-10-16-5-2-3-6-18(16)15-20/h2-3,5-6,8-9,11-12,15,21H,4,7,10,13-14H2,1H3/t21-/m0/s1. The normalized spacial score (nSPS) is 20.5. The Morgan fingerprint density at radius 1 is 1.04 bits per heavy atom. The van der Waals surface area contributed by atoms with Crippen LogP contribution in [0.3, 0.4) is 0 Å². The minimum atomic E-state index is -3.45. The minimum absolute atomic E-state index is 0.0935. The highest BCUT2D eigenvalue weighted by atomic mass is 32.2. The van der Waals surface area contributed by atoms with Crippen molar-refractivity contribution in [2.24, 2.45) is 0 Å². The van der Waals surface area contributed by atoms with E-state index in [1.807, 2.05) is 48.5 Å². The molecule has 1 aliphatic carbocycles. The Balaban J connectivity index is 1.65. The van der Waals surface area contributed by atoms with Crippen molar-refractivity contribution in [2.45, 2.75) is 31.7 Å². The van der Waals surface area contributed by atoms with Crippen LogP contribution in [-0.4, -0.2) is 26.4 Å². The third-order valence-electron chi connectivity index (χ3n) is 5.36. The van der Waals surface area contributed by atoms with Crippen molar-refractivity contribution < 1.29 is 13.2 Å². The Hall–Kier alpha value is -2.11. The van der Waals surface area contributed by atoms with Gasteiger partial charge in [-0.05, 0) is 60.6 Å². The van der Waals surface area contributed by atoms with E-state index in [1.165, 1.54) is 5.56 Å². The van der Waals surface area contributed by atoms with Gasteiger partial charge in [0.05, 0.1) is 18.1 Å². The van der Waals surface area contributed by atoms with Crippen molar-refractivity contribution in [3.05, 3.63) is 70.1 Å². The molecular formula is C21H23NO3S. The van der Waals surface area contributed by atoms with Gasteiger partial charge in [0.1, 0.15) is 5.75 Å². The Labute approximate surface area is 155 Å². The number of fused-ring (bicyclic) bond motifs is 1. The molecule has 0 saturated carbocycles. The van der Waals surface area contributed by atoms with E-state index in [1.54, 1.807) is 11.4 Å². The number of nitrogens with zero attached hydrogens (tertiary/aromatic N) is 1. The van der Waals surface area contributed by atoms with Gasteiger partial charge in [-0.3, -0.25) is 0 Å². The number of aryl methyl sites for hydroxylation is 1. The maximum absolute atomic E-state index is 13.3. The molecule has 4 rings (SSSR count). The first-order valence-electron chi connectivity index (χ1n) is 9.04. The van der Waals surface area contributed by atoms with Crippen LogP contribution >= 0.6 is 0 Å². The van der Waals surface area contributed by atoms with Gasteiger partial charge >= 0.3 is 0 Å². The predicted molar refractivity (Wildman–Crippen MR) is 103 cm³/mol. The van der Waals surface area contributed by atoms with Crippen molar-refractivity contribution in [3.8, 4) is 5.75 Å². The van der Waals surface area contributed by atoms with Crippen molar-refractivity contribution in [2.75, 3.05) is 13.7 Å². The number of ether oxygens (including phenoxy) is 1. The van der Waals surface area contributed by atoms with E-state index in [9.17, 15) is 8.42 Å². The first-order chi connectivity index (χ1) is 12.6. The lowest BCUT2D eigenvalue weighted by Crippen LogP contribution is -2.32. The molecule has 0 aromatic heterocycles. The summed E-state index contributed by atoms with van der Waals surface area (Å²) < 4.78 is 33.6. The molecule has 136 valence electrons. The van der Waals surface area contributed by atoms with E-state index in [-0.39, 0.29) is 6.04 Å². The lowest BCUT2D eigenvalue weighted by atomic mass is 9.98. The van der Waals surface area contributed by atoms with Crippen LogP contribution in [0.15, 0.2) is 53.4 Å². The predicted octanol–water partition coefficient (Wildman–Crippen LogP) is 4.15. The molecule has 0 amide bonds. The maximum atomic E-state index is 13.3. The van der Waals surface area contributed by atoms with Crippen LogP contribution in [0.5, 0.6) is 5.75 Å². The summed E-state index contributed by atoms with van der Waals surface area (Å²) in [5.41, 5.74) is 3.28. The highest BCUT2D eigenvalue weighted by Gasteiger charge is 2.37. The molecule has 0 radical (unpaired) electrons. The van der Waals surface area contributed by atoms with Crippen molar-refractivity contribution in [1.29, 1.82) is 0 Å². The summed E-state index contributed by atoms with van der Waals surface area (Å²) in [6.07, 6.45) is 4.96. The van der Waals surface area contributed by atoms with Gasteiger partial charge in [-0.2, -0.15) is 4.31 Å². The third-order valence-corrected chi connectivity index (χ3v) is 7.40. The second kappa shape index (κ2) is 6.89. The van der Waals surface area contributed by atoms with Crippen LogP contribution in [0.1, 0.15) is 42.0 Å². The van der Waals surface area contributed by atoms with Gasteiger partial charge in [0.2, 0.25) is 10.0 Å². The maximum Gasteiger partial charge on any atom is 0.239 e. The molecule has 0 unspecified atom stereocenters. The van der Waals surface area contributed by atoms with E-state index < -0.39 is 10.0 Å².